The second-order valence-corrected chi connectivity index (χ2v) is 15.1. The highest BCUT2D eigenvalue weighted by atomic mass is 32.2. The molecule has 2 aliphatic rings. The molecule has 0 aromatic heterocycles. The summed E-state index contributed by atoms with van der Waals surface area (Å²) in [6.45, 7) is 4.70. The van der Waals surface area contributed by atoms with E-state index in [1.165, 1.54) is 64.1 Å². The number of rotatable bonds is 5. The van der Waals surface area contributed by atoms with Crippen molar-refractivity contribution in [3.63, 3.8) is 0 Å². The lowest BCUT2D eigenvalue weighted by Gasteiger charge is -2.28. The average Bonchev–Trinajstić information content (AvgIpc) is 3.37. The van der Waals surface area contributed by atoms with E-state index in [2.05, 4.69) is 183 Å². The summed E-state index contributed by atoms with van der Waals surface area (Å²) >= 11 is 3.75. The fraction of sp³-hybridized carbons (Fsp3) is 0.0667. The highest BCUT2D eigenvalue weighted by Gasteiger charge is 2.35. The Morgan fingerprint density at radius 1 is 0.396 bits per heavy atom. The maximum Gasteiger partial charge on any atom is 0.0465 e. The van der Waals surface area contributed by atoms with Crippen LogP contribution in [0.1, 0.15) is 25.0 Å². The zero-order valence-corrected chi connectivity index (χ0v) is 28.5. The van der Waals surface area contributed by atoms with Crippen molar-refractivity contribution in [1.29, 1.82) is 0 Å². The summed E-state index contributed by atoms with van der Waals surface area (Å²) in [5.41, 5.74) is 13.7. The second kappa shape index (κ2) is 11.6. The number of hydrogen-bond donors (Lipinski definition) is 0. The summed E-state index contributed by atoms with van der Waals surface area (Å²) < 4.78 is 0. The molecule has 1 aliphatic heterocycles. The predicted molar refractivity (Wildman–Crippen MR) is 204 cm³/mol. The van der Waals surface area contributed by atoms with Gasteiger partial charge in [0, 0.05) is 42.1 Å². The maximum atomic E-state index is 2.41. The Labute approximate surface area is 291 Å². The first-order chi connectivity index (χ1) is 23.5. The summed E-state index contributed by atoms with van der Waals surface area (Å²) in [5, 5.41) is 0. The standard InChI is InChI=1S/C45H33NS2/c1-45(2)39-15-7-6-13-37(39)38-28-27-35(29-40(38)45)46(33-23-19-31(20-24-33)30-11-4-3-5-12-30)34-25-21-32(22-26-34)36-14-10-18-43-44(36)48-42-17-9-8-16-41(42)47-43/h3-29H,1-2H3. The highest BCUT2D eigenvalue weighted by molar-refractivity contribution is 8.05. The predicted octanol–water partition coefficient (Wildman–Crippen LogP) is 13.4. The largest absolute Gasteiger partial charge is 0.310 e. The zero-order chi connectivity index (χ0) is 32.2. The molecule has 1 aliphatic carbocycles. The van der Waals surface area contributed by atoms with Crippen LogP contribution >= 0.6 is 23.5 Å². The fourth-order valence-electron chi connectivity index (χ4n) is 7.28. The number of benzene rings is 7. The molecule has 1 nitrogen and oxygen atoms in total. The molecule has 0 radical (unpaired) electrons. The van der Waals surface area contributed by atoms with Crippen LogP contribution in [0.15, 0.2) is 183 Å². The van der Waals surface area contributed by atoms with Gasteiger partial charge in [-0.3, -0.25) is 0 Å². The average molecular weight is 652 g/mol. The van der Waals surface area contributed by atoms with E-state index in [1.54, 1.807) is 0 Å². The lowest BCUT2D eigenvalue weighted by Crippen LogP contribution is -2.16. The van der Waals surface area contributed by atoms with Crippen molar-refractivity contribution in [2.24, 2.45) is 0 Å². The Morgan fingerprint density at radius 3 is 1.69 bits per heavy atom. The van der Waals surface area contributed by atoms with Crippen LogP contribution in [-0.2, 0) is 5.41 Å². The van der Waals surface area contributed by atoms with Gasteiger partial charge in [-0.2, -0.15) is 0 Å². The smallest absolute Gasteiger partial charge is 0.0465 e. The summed E-state index contributed by atoms with van der Waals surface area (Å²) in [6, 6.07) is 60.0. The van der Waals surface area contributed by atoms with Gasteiger partial charge in [0.25, 0.3) is 0 Å². The lowest BCUT2D eigenvalue weighted by atomic mass is 9.82. The lowest BCUT2D eigenvalue weighted by molar-refractivity contribution is 0.660. The molecule has 1 heterocycles. The third kappa shape index (κ3) is 4.89. The van der Waals surface area contributed by atoms with E-state index in [-0.39, 0.29) is 5.41 Å². The molecule has 7 aromatic carbocycles. The van der Waals surface area contributed by atoms with Crippen molar-refractivity contribution >= 4 is 40.6 Å². The minimum Gasteiger partial charge on any atom is -0.310 e. The van der Waals surface area contributed by atoms with Gasteiger partial charge in [-0.25, -0.2) is 0 Å². The van der Waals surface area contributed by atoms with Gasteiger partial charge in [0.1, 0.15) is 0 Å². The Kier molecular flexibility index (Phi) is 7.07. The third-order valence-electron chi connectivity index (χ3n) is 9.75. The molecule has 0 amide bonds. The second-order valence-electron chi connectivity index (χ2n) is 13.0. The third-order valence-corrected chi connectivity index (χ3v) is 12.4. The summed E-state index contributed by atoms with van der Waals surface area (Å²) in [5.74, 6) is 0. The van der Waals surface area contributed by atoms with Crippen molar-refractivity contribution in [1.82, 2.24) is 0 Å². The molecule has 48 heavy (non-hydrogen) atoms. The minimum atomic E-state index is -0.0741. The molecule has 0 fully saturated rings. The van der Waals surface area contributed by atoms with Gasteiger partial charge in [-0.05, 0) is 99.1 Å². The molecule has 0 saturated carbocycles. The molecule has 0 saturated heterocycles. The summed E-state index contributed by atoms with van der Waals surface area (Å²) in [6.07, 6.45) is 0. The first-order valence-corrected chi connectivity index (χ1v) is 18.1. The molecule has 0 N–H and O–H groups in total. The van der Waals surface area contributed by atoms with Crippen LogP contribution in [-0.4, -0.2) is 0 Å². The summed E-state index contributed by atoms with van der Waals surface area (Å²) in [7, 11) is 0. The highest BCUT2D eigenvalue weighted by Crippen LogP contribution is 2.53. The number of nitrogens with zero attached hydrogens (tertiary/aromatic N) is 1. The van der Waals surface area contributed by atoms with E-state index in [4.69, 9.17) is 0 Å². The van der Waals surface area contributed by atoms with Crippen LogP contribution in [0.2, 0.25) is 0 Å². The fourth-order valence-corrected chi connectivity index (χ4v) is 9.68. The molecule has 0 bridgehead atoms. The van der Waals surface area contributed by atoms with Gasteiger partial charge in [-0.15, -0.1) is 0 Å². The molecule has 7 aromatic rings. The van der Waals surface area contributed by atoms with E-state index < -0.39 is 0 Å². The maximum absolute atomic E-state index is 2.41. The van der Waals surface area contributed by atoms with Crippen molar-refractivity contribution in [2.75, 3.05) is 4.90 Å². The molecular formula is C45H33NS2. The number of anilines is 3. The monoisotopic (exact) mass is 651 g/mol. The number of fused-ring (bicyclic) bond motifs is 5. The van der Waals surface area contributed by atoms with E-state index >= 15 is 0 Å². The van der Waals surface area contributed by atoms with Crippen molar-refractivity contribution < 1.29 is 0 Å². The normalized spacial score (nSPS) is 13.6. The topological polar surface area (TPSA) is 3.24 Å². The van der Waals surface area contributed by atoms with Gasteiger partial charge in [0.05, 0.1) is 0 Å². The first kappa shape index (κ1) is 29.2. The van der Waals surface area contributed by atoms with Gasteiger partial charge in [0.15, 0.2) is 0 Å². The Morgan fingerprint density at radius 2 is 0.938 bits per heavy atom. The molecular weight excluding hydrogens is 619 g/mol. The molecule has 0 spiro atoms. The Bertz CT molecular complexity index is 2300. The molecule has 0 unspecified atom stereocenters. The van der Waals surface area contributed by atoms with E-state index in [9.17, 15) is 0 Å². The van der Waals surface area contributed by atoms with Crippen molar-refractivity contribution in [3.05, 3.63) is 175 Å². The van der Waals surface area contributed by atoms with Crippen molar-refractivity contribution in [2.45, 2.75) is 38.8 Å². The van der Waals surface area contributed by atoms with Crippen LogP contribution in [0.25, 0.3) is 33.4 Å². The molecule has 230 valence electrons. The molecule has 0 atom stereocenters. The molecule has 9 rings (SSSR count). The van der Waals surface area contributed by atoms with E-state index in [1.807, 2.05) is 23.5 Å². The molecule has 3 heteroatoms. The van der Waals surface area contributed by atoms with Crippen LogP contribution in [0.5, 0.6) is 0 Å². The van der Waals surface area contributed by atoms with Crippen LogP contribution in [0.3, 0.4) is 0 Å². The summed E-state index contributed by atoms with van der Waals surface area (Å²) in [4.78, 5) is 7.71. The SMILES string of the molecule is CC1(C)c2ccccc2-c2ccc(N(c3ccc(-c4ccccc4)cc3)c3ccc(-c4cccc5c4Sc4ccccc4S5)cc3)cc21. The minimum absolute atomic E-state index is 0.0741. The van der Waals surface area contributed by atoms with Crippen molar-refractivity contribution in [3.8, 4) is 33.4 Å². The van der Waals surface area contributed by atoms with E-state index in [0.29, 0.717) is 0 Å². The van der Waals surface area contributed by atoms with Crippen LogP contribution in [0, 0.1) is 0 Å². The first-order valence-electron chi connectivity index (χ1n) is 16.4. The van der Waals surface area contributed by atoms with Gasteiger partial charge < -0.3 is 4.90 Å². The van der Waals surface area contributed by atoms with E-state index in [0.717, 1.165) is 17.1 Å². The van der Waals surface area contributed by atoms with Gasteiger partial charge >= 0.3 is 0 Å². The quantitative estimate of drug-likeness (QED) is 0.182. The van der Waals surface area contributed by atoms with Gasteiger partial charge in [-0.1, -0.05) is 147 Å². The Hall–Kier alpha value is -4.96. The van der Waals surface area contributed by atoms with Crippen LogP contribution < -0.4 is 4.90 Å². The zero-order valence-electron chi connectivity index (χ0n) is 26.9. The van der Waals surface area contributed by atoms with Gasteiger partial charge in [0.2, 0.25) is 0 Å². The Balaban J connectivity index is 1.13. The van der Waals surface area contributed by atoms with Crippen LogP contribution in [0.4, 0.5) is 17.1 Å². The number of hydrogen-bond acceptors (Lipinski definition) is 3.